The lowest BCUT2D eigenvalue weighted by molar-refractivity contribution is 0.0998. The van der Waals surface area contributed by atoms with E-state index in [1.54, 1.807) is 36.4 Å². The van der Waals surface area contributed by atoms with Crippen LogP contribution in [0.2, 0.25) is 5.02 Å². The fourth-order valence-electron chi connectivity index (χ4n) is 3.77. The van der Waals surface area contributed by atoms with Crippen molar-refractivity contribution in [3.8, 4) is 11.4 Å². The summed E-state index contributed by atoms with van der Waals surface area (Å²) in [5, 5.41) is 12.4. The van der Waals surface area contributed by atoms with Gasteiger partial charge in [0, 0.05) is 28.9 Å². The molecule has 6 nitrogen and oxygen atoms in total. The van der Waals surface area contributed by atoms with Crippen molar-refractivity contribution in [2.24, 2.45) is 0 Å². The zero-order chi connectivity index (χ0) is 20.7. The summed E-state index contributed by atoms with van der Waals surface area (Å²) in [6.07, 6.45) is 4.18. The van der Waals surface area contributed by atoms with E-state index in [9.17, 15) is 9.18 Å². The Hall–Kier alpha value is -3.19. The molecule has 4 aromatic rings. The topological polar surface area (TPSA) is 73.0 Å². The van der Waals surface area contributed by atoms with Crippen LogP contribution in [0.5, 0.6) is 0 Å². The molecule has 5 rings (SSSR count). The van der Waals surface area contributed by atoms with Crippen molar-refractivity contribution >= 4 is 34.2 Å². The summed E-state index contributed by atoms with van der Waals surface area (Å²) in [6.45, 7) is 0.832. The molecule has 0 unspecified atom stereocenters. The van der Waals surface area contributed by atoms with Crippen LogP contribution in [0.25, 0.3) is 22.4 Å². The first-order valence-electron chi connectivity index (χ1n) is 9.81. The van der Waals surface area contributed by atoms with E-state index in [0.717, 1.165) is 38.1 Å². The fraction of sp³-hybridized carbons (Fsp3) is 0.227. The Labute approximate surface area is 176 Å². The number of nitrogens with one attached hydrogen (secondary N) is 1. The maximum absolute atomic E-state index is 14.4. The maximum atomic E-state index is 14.4. The number of anilines is 1. The van der Waals surface area contributed by atoms with Gasteiger partial charge in [-0.05, 0) is 55.3 Å². The van der Waals surface area contributed by atoms with Gasteiger partial charge in [0.1, 0.15) is 17.2 Å². The molecule has 152 valence electrons. The number of hydrogen-bond acceptors (Lipinski definition) is 4. The number of rotatable bonds is 3. The number of hydrogen-bond donors (Lipinski definition) is 1. The van der Waals surface area contributed by atoms with Gasteiger partial charge in [0.15, 0.2) is 11.6 Å². The van der Waals surface area contributed by atoms with Gasteiger partial charge in [-0.25, -0.2) is 4.39 Å². The van der Waals surface area contributed by atoms with E-state index < -0.39 is 11.7 Å². The van der Waals surface area contributed by atoms with Crippen LogP contribution in [-0.4, -0.2) is 20.7 Å². The van der Waals surface area contributed by atoms with Crippen LogP contribution >= 0.6 is 11.6 Å². The van der Waals surface area contributed by atoms with E-state index in [2.05, 4.69) is 20.1 Å². The summed E-state index contributed by atoms with van der Waals surface area (Å²) in [5.41, 5.74) is 1.29. The number of furan rings is 1. The Morgan fingerprint density at radius 2 is 2.00 bits per heavy atom. The molecule has 0 spiro atoms. The van der Waals surface area contributed by atoms with E-state index >= 15 is 0 Å². The van der Waals surface area contributed by atoms with Crippen LogP contribution in [0.1, 0.15) is 35.6 Å². The third kappa shape index (κ3) is 3.45. The highest BCUT2D eigenvalue weighted by Crippen LogP contribution is 2.28. The summed E-state index contributed by atoms with van der Waals surface area (Å²) in [7, 11) is 0. The van der Waals surface area contributed by atoms with Crippen molar-refractivity contribution in [1.29, 1.82) is 0 Å². The highest BCUT2D eigenvalue weighted by Gasteiger charge is 2.19. The van der Waals surface area contributed by atoms with Crippen LogP contribution in [0, 0.1) is 5.82 Å². The highest BCUT2D eigenvalue weighted by atomic mass is 35.5. The monoisotopic (exact) mass is 424 g/mol. The Kier molecular flexibility index (Phi) is 4.75. The van der Waals surface area contributed by atoms with Crippen LogP contribution in [0.15, 0.2) is 46.9 Å². The standard InChI is InChI=1S/C22H18ClFN4O2/c23-15-6-8-18-14(10-15)12-19(30-18)22(29)25-17-11-13(5-7-16(17)24)21-27-26-20-4-2-1-3-9-28(20)21/h5-8,10-12H,1-4,9H2,(H,25,29). The number of halogens is 2. The molecule has 2 aromatic heterocycles. The van der Waals surface area contributed by atoms with Crippen molar-refractivity contribution in [1.82, 2.24) is 14.8 Å². The van der Waals surface area contributed by atoms with E-state index in [-0.39, 0.29) is 11.4 Å². The van der Waals surface area contributed by atoms with Crippen LogP contribution in [-0.2, 0) is 13.0 Å². The third-order valence-electron chi connectivity index (χ3n) is 5.28. The summed E-state index contributed by atoms with van der Waals surface area (Å²) in [6, 6.07) is 11.2. The largest absolute Gasteiger partial charge is 0.451 e. The van der Waals surface area contributed by atoms with Crippen LogP contribution < -0.4 is 5.32 Å². The van der Waals surface area contributed by atoms with Crippen molar-refractivity contribution in [2.45, 2.75) is 32.2 Å². The quantitative estimate of drug-likeness (QED) is 0.473. The van der Waals surface area contributed by atoms with Gasteiger partial charge in [0.25, 0.3) is 5.91 Å². The van der Waals surface area contributed by atoms with Gasteiger partial charge in [-0.3, -0.25) is 4.79 Å². The number of aromatic nitrogens is 3. The van der Waals surface area contributed by atoms with Gasteiger partial charge < -0.3 is 14.3 Å². The molecule has 0 bridgehead atoms. The Morgan fingerprint density at radius 3 is 2.90 bits per heavy atom. The average Bonchev–Trinajstić information content (AvgIpc) is 3.26. The summed E-state index contributed by atoms with van der Waals surface area (Å²) >= 11 is 5.98. The second-order valence-corrected chi connectivity index (χ2v) is 7.78. The zero-order valence-electron chi connectivity index (χ0n) is 16.0. The molecular weight excluding hydrogens is 407 g/mol. The van der Waals surface area contributed by atoms with Crippen molar-refractivity contribution in [3.63, 3.8) is 0 Å². The molecule has 2 aromatic carbocycles. The summed E-state index contributed by atoms with van der Waals surface area (Å²) in [5.74, 6) is 0.618. The van der Waals surface area contributed by atoms with Gasteiger partial charge in [-0.1, -0.05) is 18.0 Å². The molecular formula is C22H18ClFN4O2. The number of aryl methyl sites for hydroxylation is 1. The first-order valence-corrected chi connectivity index (χ1v) is 10.2. The van der Waals surface area contributed by atoms with E-state index in [1.165, 1.54) is 6.07 Å². The molecule has 0 aliphatic carbocycles. The van der Waals surface area contributed by atoms with Gasteiger partial charge in [-0.15, -0.1) is 10.2 Å². The molecule has 3 heterocycles. The number of nitrogens with zero attached hydrogens (tertiary/aromatic N) is 3. The summed E-state index contributed by atoms with van der Waals surface area (Å²) < 4.78 is 22.1. The molecule has 0 saturated carbocycles. The molecule has 0 atom stereocenters. The SMILES string of the molecule is O=C(Nc1cc(-c2nnc3n2CCCCC3)ccc1F)c1cc2cc(Cl)ccc2o1. The minimum atomic E-state index is -0.543. The molecule has 30 heavy (non-hydrogen) atoms. The molecule has 8 heteroatoms. The number of benzene rings is 2. The molecule has 0 radical (unpaired) electrons. The Balaban J connectivity index is 1.45. The molecule has 1 amide bonds. The van der Waals surface area contributed by atoms with Gasteiger partial charge in [-0.2, -0.15) is 0 Å². The Morgan fingerprint density at radius 1 is 1.10 bits per heavy atom. The van der Waals surface area contributed by atoms with Gasteiger partial charge >= 0.3 is 0 Å². The molecule has 0 saturated heterocycles. The zero-order valence-corrected chi connectivity index (χ0v) is 16.7. The minimum absolute atomic E-state index is 0.0574. The van der Waals surface area contributed by atoms with Crippen molar-refractivity contribution < 1.29 is 13.6 Å². The van der Waals surface area contributed by atoms with Crippen LogP contribution in [0.4, 0.5) is 10.1 Å². The number of carbonyl (C=O) groups is 1. The smallest absolute Gasteiger partial charge is 0.291 e. The van der Waals surface area contributed by atoms with E-state index in [4.69, 9.17) is 16.0 Å². The van der Waals surface area contributed by atoms with E-state index in [0.29, 0.717) is 27.4 Å². The maximum Gasteiger partial charge on any atom is 0.291 e. The fourth-order valence-corrected chi connectivity index (χ4v) is 3.95. The lowest BCUT2D eigenvalue weighted by Gasteiger charge is -2.10. The minimum Gasteiger partial charge on any atom is -0.451 e. The Bertz CT molecular complexity index is 1260. The molecule has 1 aliphatic rings. The van der Waals surface area contributed by atoms with Gasteiger partial charge in [0.2, 0.25) is 0 Å². The first-order chi connectivity index (χ1) is 14.6. The first kappa shape index (κ1) is 18.8. The average molecular weight is 425 g/mol. The predicted molar refractivity (Wildman–Crippen MR) is 112 cm³/mol. The molecule has 0 fully saturated rings. The molecule has 1 N–H and O–H groups in total. The van der Waals surface area contributed by atoms with Gasteiger partial charge in [0.05, 0.1) is 5.69 Å². The summed E-state index contributed by atoms with van der Waals surface area (Å²) in [4.78, 5) is 12.7. The number of amides is 1. The number of fused-ring (bicyclic) bond motifs is 2. The normalized spacial score (nSPS) is 13.8. The third-order valence-corrected chi connectivity index (χ3v) is 5.52. The lowest BCUT2D eigenvalue weighted by Crippen LogP contribution is -2.12. The predicted octanol–water partition coefficient (Wildman–Crippen LogP) is 5.46. The highest BCUT2D eigenvalue weighted by molar-refractivity contribution is 6.31. The second-order valence-electron chi connectivity index (χ2n) is 7.34. The van der Waals surface area contributed by atoms with E-state index in [1.807, 2.05) is 0 Å². The van der Waals surface area contributed by atoms with Crippen LogP contribution in [0.3, 0.4) is 0 Å². The second kappa shape index (κ2) is 7.57. The van der Waals surface area contributed by atoms with Crippen molar-refractivity contribution in [3.05, 3.63) is 64.9 Å². The number of carbonyl (C=O) groups excluding carboxylic acids is 1. The van der Waals surface area contributed by atoms with Crippen molar-refractivity contribution in [2.75, 3.05) is 5.32 Å². The lowest BCUT2D eigenvalue weighted by atomic mass is 10.1. The molecule has 1 aliphatic heterocycles.